The van der Waals surface area contributed by atoms with Crippen LogP contribution in [0.3, 0.4) is 0 Å². The topological polar surface area (TPSA) is 75.6 Å². The first-order valence-corrected chi connectivity index (χ1v) is 6.28. The second kappa shape index (κ2) is 7.63. The molecule has 0 heterocycles. The molecule has 104 valence electrons. The van der Waals surface area contributed by atoms with Gasteiger partial charge < -0.3 is 15.2 Å². The summed E-state index contributed by atoms with van der Waals surface area (Å²) in [5, 5.41) is 11.9. The first-order chi connectivity index (χ1) is 9.02. The van der Waals surface area contributed by atoms with Gasteiger partial charge in [-0.2, -0.15) is 0 Å². The van der Waals surface area contributed by atoms with Crippen molar-refractivity contribution in [3.8, 4) is 5.75 Å². The van der Waals surface area contributed by atoms with E-state index >= 15 is 0 Å². The van der Waals surface area contributed by atoms with E-state index < -0.39 is 11.9 Å². The molecule has 19 heavy (non-hydrogen) atoms. The Labute approximate surface area is 116 Å². The number of aliphatic carboxylic acids is 1. The van der Waals surface area contributed by atoms with Crippen LogP contribution in [-0.2, 0) is 9.59 Å². The van der Waals surface area contributed by atoms with Crippen LogP contribution in [0.15, 0.2) is 24.3 Å². The number of carbonyl (C=O) groups excluding carboxylic acids is 1. The van der Waals surface area contributed by atoms with Crippen LogP contribution in [0.2, 0.25) is 5.02 Å². The number of carbonyl (C=O) groups is 2. The molecule has 1 aromatic carbocycles. The van der Waals surface area contributed by atoms with E-state index in [-0.39, 0.29) is 19.1 Å². The maximum Gasteiger partial charge on any atom is 0.308 e. The Morgan fingerprint density at radius 1 is 1.37 bits per heavy atom. The smallest absolute Gasteiger partial charge is 0.308 e. The normalized spacial score (nSPS) is 11.7. The van der Waals surface area contributed by atoms with Crippen LogP contribution in [-0.4, -0.2) is 30.1 Å². The molecule has 0 bridgehead atoms. The van der Waals surface area contributed by atoms with Crippen LogP contribution in [0.4, 0.5) is 0 Å². The second-order valence-corrected chi connectivity index (χ2v) is 4.43. The molecule has 0 aliphatic carbocycles. The molecule has 6 heteroatoms. The van der Waals surface area contributed by atoms with Crippen molar-refractivity contribution in [2.75, 3.05) is 13.2 Å². The Bertz CT molecular complexity index is 433. The Kier molecular flexibility index (Phi) is 6.15. The summed E-state index contributed by atoms with van der Waals surface area (Å²) < 4.78 is 5.23. The van der Waals surface area contributed by atoms with Crippen LogP contribution in [0.25, 0.3) is 0 Å². The van der Waals surface area contributed by atoms with Crippen molar-refractivity contribution in [3.05, 3.63) is 29.3 Å². The molecule has 5 nitrogen and oxygen atoms in total. The quantitative estimate of drug-likeness (QED) is 0.803. The summed E-state index contributed by atoms with van der Waals surface area (Å²) in [6.45, 7) is 1.71. The molecule has 0 fully saturated rings. The fraction of sp³-hybridized carbons (Fsp3) is 0.385. The third-order valence-electron chi connectivity index (χ3n) is 2.57. The molecule has 0 aromatic heterocycles. The summed E-state index contributed by atoms with van der Waals surface area (Å²) in [4.78, 5) is 22.2. The van der Waals surface area contributed by atoms with E-state index in [0.717, 1.165) is 0 Å². The van der Waals surface area contributed by atoms with Crippen molar-refractivity contribution in [1.82, 2.24) is 5.32 Å². The molecule has 1 unspecified atom stereocenters. The highest BCUT2D eigenvalue weighted by Gasteiger charge is 2.15. The minimum Gasteiger partial charge on any atom is -0.484 e. The Balaban J connectivity index is 2.31. The monoisotopic (exact) mass is 285 g/mol. The predicted molar refractivity (Wildman–Crippen MR) is 71.4 cm³/mol. The SMILES string of the molecule is CCC(CNC(=O)COc1ccc(Cl)cc1)C(=O)O. The van der Waals surface area contributed by atoms with Gasteiger partial charge in [0, 0.05) is 11.6 Å². The second-order valence-electron chi connectivity index (χ2n) is 3.99. The first kappa shape index (κ1) is 15.3. The van der Waals surface area contributed by atoms with E-state index in [2.05, 4.69) is 5.32 Å². The molecular weight excluding hydrogens is 270 g/mol. The van der Waals surface area contributed by atoms with Crippen LogP contribution < -0.4 is 10.1 Å². The Morgan fingerprint density at radius 2 is 2.00 bits per heavy atom. The molecular formula is C13H16ClNO4. The van der Waals surface area contributed by atoms with Crippen molar-refractivity contribution in [2.24, 2.45) is 5.92 Å². The zero-order valence-electron chi connectivity index (χ0n) is 10.6. The largest absolute Gasteiger partial charge is 0.484 e. The van der Waals surface area contributed by atoms with E-state index in [9.17, 15) is 9.59 Å². The number of halogens is 1. The lowest BCUT2D eigenvalue weighted by molar-refractivity contribution is -0.141. The van der Waals surface area contributed by atoms with Gasteiger partial charge in [-0.1, -0.05) is 18.5 Å². The number of carboxylic acids is 1. The molecule has 2 N–H and O–H groups in total. The van der Waals surface area contributed by atoms with Gasteiger partial charge in [-0.25, -0.2) is 0 Å². The van der Waals surface area contributed by atoms with Gasteiger partial charge in [0.05, 0.1) is 5.92 Å². The number of rotatable bonds is 7. The molecule has 0 spiro atoms. The minimum atomic E-state index is -0.915. The first-order valence-electron chi connectivity index (χ1n) is 5.90. The van der Waals surface area contributed by atoms with Crippen LogP contribution in [0, 0.1) is 5.92 Å². The van der Waals surface area contributed by atoms with Crippen LogP contribution in [0.1, 0.15) is 13.3 Å². The van der Waals surface area contributed by atoms with Crippen molar-refractivity contribution in [3.63, 3.8) is 0 Å². The molecule has 0 saturated carbocycles. The number of ether oxygens (including phenoxy) is 1. The number of benzene rings is 1. The maximum absolute atomic E-state index is 11.5. The average Bonchev–Trinajstić information content (AvgIpc) is 2.38. The lowest BCUT2D eigenvalue weighted by Crippen LogP contribution is -2.35. The highest BCUT2D eigenvalue weighted by atomic mass is 35.5. The third-order valence-corrected chi connectivity index (χ3v) is 2.82. The minimum absolute atomic E-state index is 0.106. The molecule has 0 radical (unpaired) electrons. The predicted octanol–water partition coefficient (Wildman–Crippen LogP) is 1.95. The number of nitrogens with one attached hydrogen (secondary N) is 1. The van der Waals surface area contributed by atoms with E-state index in [4.69, 9.17) is 21.4 Å². The summed E-state index contributed by atoms with van der Waals surface area (Å²) in [5.74, 6) is -1.31. The van der Waals surface area contributed by atoms with Gasteiger partial charge in [0.15, 0.2) is 6.61 Å². The molecule has 1 atom stereocenters. The van der Waals surface area contributed by atoms with Gasteiger partial charge >= 0.3 is 5.97 Å². The van der Waals surface area contributed by atoms with E-state index in [0.29, 0.717) is 17.2 Å². The van der Waals surface area contributed by atoms with E-state index in [1.807, 2.05) is 0 Å². The van der Waals surface area contributed by atoms with Crippen LogP contribution in [0.5, 0.6) is 5.75 Å². The zero-order valence-corrected chi connectivity index (χ0v) is 11.3. The third kappa shape index (κ3) is 5.61. The molecule has 1 aromatic rings. The molecule has 0 aliphatic heterocycles. The van der Waals surface area contributed by atoms with Gasteiger partial charge in [-0.3, -0.25) is 9.59 Å². The van der Waals surface area contributed by atoms with E-state index in [1.54, 1.807) is 31.2 Å². The number of amides is 1. The van der Waals surface area contributed by atoms with Gasteiger partial charge in [-0.05, 0) is 30.7 Å². The molecule has 1 amide bonds. The highest BCUT2D eigenvalue weighted by Crippen LogP contribution is 2.15. The zero-order chi connectivity index (χ0) is 14.3. The van der Waals surface area contributed by atoms with Gasteiger partial charge in [-0.15, -0.1) is 0 Å². The Hall–Kier alpha value is -1.75. The molecule has 0 saturated heterocycles. The van der Waals surface area contributed by atoms with Crippen molar-refractivity contribution in [2.45, 2.75) is 13.3 Å². The van der Waals surface area contributed by atoms with Gasteiger partial charge in [0.1, 0.15) is 5.75 Å². The summed E-state index contributed by atoms with van der Waals surface area (Å²) in [5.41, 5.74) is 0. The number of hydrogen-bond donors (Lipinski definition) is 2. The van der Waals surface area contributed by atoms with Gasteiger partial charge in [0.25, 0.3) is 5.91 Å². The fourth-order valence-electron chi connectivity index (χ4n) is 1.37. The van der Waals surface area contributed by atoms with Crippen molar-refractivity contribution in [1.29, 1.82) is 0 Å². The Morgan fingerprint density at radius 3 is 2.53 bits per heavy atom. The highest BCUT2D eigenvalue weighted by molar-refractivity contribution is 6.30. The van der Waals surface area contributed by atoms with Crippen molar-refractivity contribution >= 4 is 23.5 Å². The van der Waals surface area contributed by atoms with Crippen LogP contribution >= 0.6 is 11.6 Å². The fourth-order valence-corrected chi connectivity index (χ4v) is 1.50. The summed E-state index contributed by atoms with van der Waals surface area (Å²) >= 11 is 5.71. The number of hydrogen-bond acceptors (Lipinski definition) is 3. The van der Waals surface area contributed by atoms with Crippen molar-refractivity contribution < 1.29 is 19.4 Å². The summed E-state index contributed by atoms with van der Waals surface area (Å²) in [6.07, 6.45) is 0.466. The average molecular weight is 286 g/mol. The standard InChI is InChI=1S/C13H16ClNO4/c1-2-9(13(17)18)7-15-12(16)8-19-11-5-3-10(14)4-6-11/h3-6,9H,2,7-8H2,1H3,(H,15,16)(H,17,18). The molecule has 0 aliphatic rings. The lowest BCUT2D eigenvalue weighted by Gasteiger charge is -2.11. The lowest BCUT2D eigenvalue weighted by atomic mass is 10.1. The van der Waals surface area contributed by atoms with E-state index in [1.165, 1.54) is 0 Å². The van der Waals surface area contributed by atoms with Gasteiger partial charge in [0.2, 0.25) is 0 Å². The summed E-state index contributed by atoms with van der Waals surface area (Å²) in [6, 6.07) is 6.63. The molecule has 1 rings (SSSR count). The summed E-state index contributed by atoms with van der Waals surface area (Å²) in [7, 11) is 0. The number of carboxylic acid groups (broad SMARTS) is 1. The maximum atomic E-state index is 11.5.